The van der Waals surface area contributed by atoms with E-state index in [-0.39, 0.29) is 36.5 Å². The van der Waals surface area contributed by atoms with Crippen molar-refractivity contribution in [1.82, 2.24) is 19.2 Å². The number of nitrogens with zero attached hydrogens (tertiary/aromatic N) is 2. The largest absolute Gasteiger partial charge is 0.380 e. The molecule has 4 aromatic rings. The summed E-state index contributed by atoms with van der Waals surface area (Å²) in [6, 6.07) is 28.3. The minimum absolute atomic E-state index is 0.128. The predicted octanol–water partition coefficient (Wildman–Crippen LogP) is 12.2. The predicted molar refractivity (Wildman–Crippen MR) is 286 cm³/mol. The van der Waals surface area contributed by atoms with Gasteiger partial charge in [0.25, 0.3) is 11.8 Å². The number of anilines is 3. The molecule has 6 rings (SSSR count). The van der Waals surface area contributed by atoms with Crippen LogP contribution in [0.5, 0.6) is 0 Å². The van der Waals surface area contributed by atoms with Gasteiger partial charge in [0.05, 0.1) is 11.4 Å². The molecule has 0 spiro atoms. The van der Waals surface area contributed by atoms with Gasteiger partial charge in [-0.05, 0) is 171 Å². The summed E-state index contributed by atoms with van der Waals surface area (Å²) in [6.45, 7) is 1.72. The summed E-state index contributed by atoms with van der Waals surface area (Å²) >= 11 is 5.44. The highest BCUT2D eigenvalue weighted by Gasteiger charge is 2.40. The van der Waals surface area contributed by atoms with Crippen LogP contribution in [0.2, 0.25) is 0 Å². The number of nitrogens with one attached hydrogen (secondary N) is 5. The summed E-state index contributed by atoms with van der Waals surface area (Å²) < 4.78 is 56.0. The van der Waals surface area contributed by atoms with E-state index in [1.165, 1.54) is 17.0 Å². The first-order chi connectivity index (χ1) is 33.7. The molecule has 0 aliphatic heterocycles. The van der Waals surface area contributed by atoms with Crippen molar-refractivity contribution in [2.45, 2.75) is 126 Å². The smallest absolute Gasteiger partial charge is 0.267 e. The molecule has 0 heterocycles. The van der Waals surface area contributed by atoms with Crippen LogP contribution in [-0.4, -0.2) is 110 Å². The summed E-state index contributed by atoms with van der Waals surface area (Å²) in [5, 5.41) is 16.4. The van der Waals surface area contributed by atoms with Gasteiger partial charge in [0, 0.05) is 50.3 Å². The summed E-state index contributed by atoms with van der Waals surface area (Å²) in [5.41, 5.74) is 0.741. The third kappa shape index (κ3) is 18.7. The van der Waals surface area contributed by atoms with E-state index in [0.29, 0.717) is 34.1 Å². The van der Waals surface area contributed by atoms with E-state index in [9.17, 15) is 19.2 Å². The maximum atomic E-state index is 15.0. The molecule has 0 bridgehead atoms. The summed E-state index contributed by atoms with van der Waals surface area (Å²) in [4.78, 5) is 32.8. The van der Waals surface area contributed by atoms with Gasteiger partial charge in [-0.3, -0.25) is 29.7 Å². The van der Waals surface area contributed by atoms with E-state index in [1.807, 2.05) is 74.8 Å². The lowest BCUT2D eigenvalue weighted by Crippen LogP contribution is -2.45. The SMILES string of the molecule is CN(C)CCC(CSc1ccccc1)Nc1ccc(SNC(=O)C2(F)CCCCC2)cc1NO.COC1(C(=O)NSc2cc(F)c(NC(CCN(C)C)CSc3ccccc3)c(F)c2)CCCCCC1. The van der Waals surface area contributed by atoms with Crippen molar-refractivity contribution in [3.05, 3.63) is 103 Å². The van der Waals surface area contributed by atoms with E-state index in [2.05, 4.69) is 61.6 Å². The molecule has 2 unspecified atom stereocenters. The van der Waals surface area contributed by atoms with Crippen molar-refractivity contribution < 1.29 is 32.7 Å². The van der Waals surface area contributed by atoms with Crippen LogP contribution in [0.25, 0.3) is 0 Å². The number of carbonyl (C=O) groups is 2. The van der Waals surface area contributed by atoms with Crippen LogP contribution in [0.4, 0.5) is 30.2 Å². The first kappa shape index (κ1) is 57.2. The van der Waals surface area contributed by atoms with Crippen LogP contribution < -0.4 is 25.6 Å². The maximum absolute atomic E-state index is 15.0. The van der Waals surface area contributed by atoms with Gasteiger partial charge < -0.3 is 25.2 Å². The molecule has 70 heavy (non-hydrogen) atoms. The molecule has 0 aromatic heterocycles. The highest BCUT2D eigenvalue weighted by atomic mass is 32.2. The fourth-order valence-electron chi connectivity index (χ4n) is 8.18. The first-order valence-corrected chi connectivity index (χ1v) is 27.7. The Bertz CT molecular complexity index is 2160. The zero-order valence-electron chi connectivity index (χ0n) is 41.2. The number of halogens is 3. The third-order valence-electron chi connectivity index (χ3n) is 12.4. The number of carbonyl (C=O) groups excluding carboxylic acids is 2. The molecule has 6 N–H and O–H groups in total. The second-order valence-corrected chi connectivity index (χ2v) is 22.3. The van der Waals surface area contributed by atoms with Crippen molar-refractivity contribution in [2.24, 2.45) is 0 Å². The highest BCUT2D eigenvalue weighted by Crippen LogP contribution is 2.36. The van der Waals surface area contributed by atoms with Crippen LogP contribution in [0.1, 0.15) is 83.5 Å². The number of amides is 2. The number of thioether (sulfide) groups is 2. The molecule has 2 aliphatic carbocycles. The monoisotopic (exact) mass is 1040 g/mol. The fraction of sp³-hybridized carbons (Fsp3) is 0.500. The number of alkyl halides is 1. The van der Waals surface area contributed by atoms with Crippen molar-refractivity contribution in [3.8, 4) is 0 Å². The van der Waals surface area contributed by atoms with Gasteiger partial charge >= 0.3 is 0 Å². The molecule has 2 aliphatic rings. The van der Waals surface area contributed by atoms with Gasteiger partial charge in [-0.15, -0.1) is 23.5 Å². The van der Waals surface area contributed by atoms with E-state index < -0.39 is 28.8 Å². The number of methoxy groups -OCH3 is 1. The minimum atomic E-state index is -1.78. The average molecular weight is 1040 g/mol. The number of hydrogen-bond donors (Lipinski definition) is 6. The van der Waals surface area contributed by atoms with Gasteiger partial charge in [-0.1, -0.05) is 68.5 Å². The van der Waals surface area contributed by atoms with E-state index in [0.717, 1.165) is 111 Å². The Morgan fingerprint density at radius 1 is 0.629 bits per heavy atom. The zero-order valence-corrected chi connectivity index (χ0v) is 44.4. The molecule has 2 fully saturated rings. The quantitative estimate of drug-likeness (QED) is 0.0173. The second-order valence-electron chi connectivity index (χ2n) is 18.4. The molecule has 18 heteroatoms. The summed E-state index contributed by atoms with van der Waals surface area (Å²) in [5.74, 6) is -0.637. The third-order valence-corrected chi connectivity index (χ3v) is 16.3. The second kappa shape index (κ2) is 29.7. The Balaban J connectivity index is 0.000000261. The Hall–Kier alpha value is -3.75. The average Bonchev–Trinajstić information content (AvgIpc) is 3.63. The van der Waals surface area contributed by atoms with Gasteiger partial charge in [0.2, 0.25) is 0 Å². The maximum Gasteiger partial charge on any atom is 0.267 e. The van der Waals surface area contributed by atoms with Gasteiger partial charge in [-0.25, -0.2) is 13.2 Å². The van der Waals surface area contributed by atoms with E-state index in [1.54, 1.807) is 36.7 Å². The van der Waals surface area contributed by atoms with Crippen molar-refractivity contribution >= 4 is 76.3 Å². The van der Waals surface area contributed by atoms with Crippen LogP contribution >= 0.6 is 47.4 Å². The Morgan fingerprint density at radius 2 is 1.11 bits per heavy atom. The lowest BCUT2D eigenvalue weighted by molar-refractivity contribution is -0.143. The van der Waals surface area contributed by atoms with Gasteiger partial charge in [-0.2, -0.15) is 0 Å². The zero-order chi connectivity index (χ0) is 50.4. The first-order valence-electron chi connectivity index (χ1n) is 24.1. The molecule has 0 radical (unpaired) electrons. The molecule has 384 valence electrons. The Labute approximate surface area is 431 Å². The van der Waals surface area contributed by atoms with Crippen LogP contribution in [0.15, 0.2) is 111 Å². The van der Waals surface area contributed by atoms with Crippen LogP contribution in [0.3, 0.4) is 0 Å². The Kier molecular flexibility index (Phi) is 24.2. The van der Waals surface area contributed by atoms with E-state index in [4.69, 9.17) is 4.74 Å². The summed E-state index contributed by atoms with van der Waals surface area (Å²) in [6.07, 6.45) is 9.99. The molecule has 11 nitrogen and oxygen atoms in total. The van der Waals surface area contributed by atoms with Gasteiger partial charge in [0.1, 0.15) is 22.9 Å². The summed E-state index contributed by atoms with van der Waals surface area (Å²) in [7, 11) is 9.62. The topological polar surface area (TPSA) is 130 Å². The van der Waals surface area contributed by atoms with Crippen molar-refractivity contribution in [1.29, 1.82) is 0 Å². The fourth-order valence-corrected chi connectivity index (χ4v) is 11.6. The van der Waals surface area contributed by atoms with E-state index >= 15 is 8.78 Å². The molecular weight excluding hydrogens is 972 g/mol. The Morgan fingerprint density at radius 3 is 1.63 bits per heavy atom. The minimum Gasteiger partial charge on any atom is -0.380 e. The number of rotatable bonds is 24. The highest BCUT2D eigenvalue weighted by molar-refractivity contribution is 7.99. The van der Waals surface area contributed by atoms with Crippen molar-refractivity contribution in [2.75, 3.05) is 76.0 Å². The lowest BCUT2D eigenvalue weighted by atomic mass is 9.86. The number of benzene rings is 4. The molecule has 4 aromatic carbocycles. The van der Waals surface area contributed by atoms with Gasteiger partial charge in [0.15, 0.2) is 5.67 Å². The molecule has 2 amide bonds. The van der Waals surface area contributed by atoms with Crippen LogP contribution in [0, 0.1) is 11.6 Å². The normalized spacial score (nSPS) is 16.3. The molecule has 2 saturated carbocycles. The molecular formula is C52H72F3N7O4S4. The lowest BCUT2D eigenvalue weighted by Gasteiger charge is -2.29. The van der Waals surface area contributed by atoms with Crippen LogP contribution in [-0.2, 0) is 14.3 Å². The number of hydrogen-bond acceptors (Lipinski definition) is 13. The molecule has 0 saturated heterocycles. The standard InChI is InChI=1S/C27H37F2N3O2S2.C25H35FN4O2S2/c1-32(2)16-13-20(19-35-21-11-7-6-8-12-21)30-25-23(28)17-22(18-24(25)29)36-31-26(33)27(34-3)14-9-4-5-10-15-27;1-30(2)16-13-19(18-33-20-9-5-3-6-10-20)27-22-12-11-21(17-23(22)28-32)34-29-24(31)25(26)14-7-4-8-15-25/h6-8,11-12,17-18,20,30H,4-5,9-10,13-16,19H2,1-3H3,(H,31,33);3,5-6,9-12,17,19,27-28,32H,4,7-8,13-16,18H2,1-2H3,(H,29,31). The van der Waals surface area contributed by atoms with Crippen molar-refractivity contribution in [3.63, 3.8) is 0 Å². The molecule has 2 atom stereocenters. The number of ether oxygens (including phenoxy) is 1.